The van der Waals surface area contributed by atoms with Gasteiger partial charge in [0.15, 0.2) is 0 Å². The second kappa shape index (κ2) is 5.11. The summed E-state index contributed by atoms with van der Waals surface area (Å²) in [6, 6.07) is 6.57. The predicted octanol–water partition coefficient (Wildman–Crippen LogP) is 3.03. The summed E-state index contributed by atoms with van der Waals surface area (Å²) in [7, 11) is 1.96. The minimum atomic E-state index is 0.493. The lowest BCUT2D eigenvalue weighted by molar-refractivity contribution is 0.338. The van der Waals surface area contributed by atoms with Gasteiger partial charge in [-0.2, -0.15) is 0 Å². The summed E-state index contributed by atoms with van der Waals surface area (Å²) in [5.74, 6) is 0.944. The minimum absolute atomic E-state index is 0.493. The van der Waals surface area contributed by atoms with Gasteiger partial charge in [0, 0.05) is 12.7 Å². The van der Waals surface area contributed by atoms with E-state index in [1.165, 1.54) is 0 Å². The fourth-order valence-electron chi connectivity index (χ4n) is 1.26. The van der Waals surface area contributed by atoms with Crippen molar-refractivity contribution in [1.82, 2.24) is 0 Å². The third-order valence-corrected chi connectivity index (χ3v) is 2.44. The van der Waals surface area contributed by atoms with Gasteiger partial charge in [-0.1, -0.05) is 0 Å². The Morgan fingerprint density at radius 2 is 2.14 bits per heavy atom. The van der Waals surface area contributed by atoms with Crippen molar-refractivity contribution >= 4 is 17.3 Å². The van der Waals surface area contributed by atoms with Crippen molar-refractivity contribution in [3.63, 3.8) is 0 Å². The highest BCUT2D eigenvalue weighted by molar-refractivity contribution is 6.18. The van der Waals surface area contributed by atoms with Gasteiger partial charge in [0.2, 0.25) is 0 Å². The van der Waals surface area contributed by atoms with Crippen molar-refractivity contribution < 1.29 is 4.74 Å². The molecule has 0 N–H and O–H groups in total. The first-order valence-electron chi connectivity index (χ1n) is 4.69. The number of nitrogens with zero attached hydrogens (tertiary/aromatic N) is 1. The normalized spacial score (nSPS) is 10.0. The Balaban J connectivity index is 2.88. The maximum atomic E-state index is 5.73. The molecule has 2 nitrogen and oxygen atoms in total. The Bertz CT molecular complexity index is 301. The van der Waals surface area contributed by atoms with Gasteiger partial charge in [0.1, 0.15) is 5.75 Å². The molecular formula is C11H16ClNO. The molecule has 14 heavy (non-hydrogen) atoms. The lowest BCUT2D eigenvalue weighted by Gasteiger charge is -2.17. The monoisotopic (exact) mass is 213 g/mol. The van der Waals surface area contributed by atoms with Gasteiger partial charge in [-0.05, 0) is 37.6 Å². The fourth-order valence-corrected chi connectivity index (χ4v) is 1.40. The van der Waals surface area contributed by atoms with Crippen LogP contribution in [0.2, 0.25) is 0 Å². The van der Waals surface area contributed by atoms with Gasteiger partial charge in [0.25, 0.3) is 0 Å². The Hall–Kier alpha value is -0.890. The molecular weight excluding hydrogens is 198 g/mol. The molecule has 1 aromatic carbocycles. The molecule has 0 atom stereocenters. The van der Waals surface area contributed by atoms with Crippen molar-refractivity contribution in [2.75, 3.05) is 24.6 Å². The van der Waals surface area contributed by atoms with Crippen LogP contribution in [0.4, 0.5) is 5.69 Å². The number of aryl methyl sites for hydroxylation is 1. The van der Waals surface area contributed by atoms with Gasteiger partial charge in [-0.25, -0.2) is 0 Å². The summed E-state index contributed by atoms with van der Waals surface area (Å²) in [4.78, 5) is 1.98. The topological polar surface area (TPSA) is 12.5 Å². The number of anilines is 1. The lowest BCUT2D eigenvalue weighted by atomic mass is 10.2. The summed E-state index contributed by atoms with van der Waals surface area (Å²) in [6.45, 7) is 4.72. The maximum Gasteiger partial charge on any atom is 0.122 e. The van der Waals surface area contributed by atoms with E-state index >= 15 is 0 Å². The van der Waals surface area contributed by atoms with Crippen LogP contribution in [0, 0.1) is 6.92 Å². The molecule has 0 saturated heterocycles. The van der Waals surface area contributed by atoms with Crippen LogP contribution in [-0.4, -0.2) is 19.7 Å². The summed E-state index contributed by atoms with van der Waals surface area (Å²) in [6.07, 6.45) is 0. The molecule has 0 aromatic heterocycles. The van der Waals surface area contributed by atoms with Gasteiger partial charge in [-0.3, -0.25) is 0 Å². The summed E-state index contributed by atoms with van der Waals surface area (Å²) in [5, 5.41) is 0. The van der Waals surface area contributed by atoms with Crippen molar-refractivity contribution in [2.24, 2.45) is 0 Å². The number of rotatable bonds is 4. The summed E-state index contributed by atoms with van der Waals surface area (Å²) < 4.78 is 5.45. The summed E-state index contributed by atoms with van der Waals surface area (Å²) >= 11 is 5.73. The van der Waals surface area contributed by atoms with E-state index < -0.39 is 0 Å². The van der Waals surface area contributed by atoms with Crippen LogP contribution in [0.3, 0.4) is 0 Å². The van der Waals surface area contributed by atoms with Crippen molar-refractivity contribution in [3.05, 3.63) is 23.8 Å². The predicted molar refractivity (Wildman–Crippen MR) is 61.5 cm³/mol. The summed E-state index contributed by atoms with van der Waals surface area (Å²) in [5.41, 5.74) is 2.25. The van der Waals surface area contributed by atoms with Crippen LogP contribution in [0.15, 0.2) is 18.2 Å². The number of benzene rings is 1. The van der Waals surface area contributed by atoms with Crippen LogP contribution in [0.5, 0.6) is 5.75 Å². The van der Waals surface area contributed by atoms with Gasteiger partial charge in [-0.15, -0.1) is 11.6 Å². The van der Waals surface area contributed by atoms with Crippen LogP contribution in [-0.2, 0) is 0 Å². The molecule has 1 aromatic rings. The molecule has 0 bridgehead atoms. The molecule has 0 fully saturated rings. The first-order chi connectivity index (χ1) is 6.69. The highest BCUT2D eigenvalue weighted by Crippen LogP contribution is 2.23. The quantitative estimate of drug-likeness (QED) is 0.563. The van der Waals surface area contributed by atoms with E-state index in [-0.39, 0.29) is 0 Å². The molecule has 0 aliphatic carbocycles. The van der Waals surface area contributed by atoms with Crippen molar-refractivity contribution in [2.45, 2.75) is 13.8 Å². The first kappa shape index (κ1) is 11.2. The molecule has 0 saturated carbocycles. The second-order valence-electron chi connectivity index (χ2n) is 3.20. The number of alkyl halides is 1. The molecule has 78 valence electrons. The Kier molecular flexibility index (Phi) is 4.08. The van der Waals surface area contributed by atoms with E-state index in [0.717, 1.165) is 17.0 Å². The second-order valence-corrected chi connectivity index (χ2v) is 3.44. The van der Waals surface area contributed by atoms with Gasteiger partial charge < -0.3 is 9.64 Å². The molecule has 0 unspecified atom stereocenters. The maximum absolute atomic E-state index is 5.73. The number of halogens is 1. The zero-order chi connectivity index (χ0) is 10.6. The first-order valence-corrected chi connectivity index (χ1v) is 5.23. The Morgan fingerprint density at radius 3 is 2.64 bits per heavy atom. The molecule has 0 aliphatic heterocycles. The average molecular weight is 214 g/mol. The molecule has 0 aliphatic rings. The fraction of sp³-hybridized carbons (Fsp3) is 0.455. The van der Waals surface area contributed by atoms with E-state index in [0.29, 0.717) is 12.6 Å². The number of ether oxygens (including phenoxy) is 1. The molecule has 0 amide bonds. The zero-order valence-corrected chi connectivity index (χ0v) is 9.64. The Morgan fingerprint density at radius 1 is 1.43 bits per heavy atom. The van der Waals surface area contributed by atoms with E-state index in [1.807, 2.05) is 37.9 Å². The van der Waals surface area contributed by atoms with Crippen molar-refractivity contribution in [1.29, 1.82) is 0 Å². The molecule has 0 spiro atoms. The third kappa shape index (κ3) is 2.55. The average Bonchev–Trinajstić information content (AvgIpc) is 2.20. The van der Waals surface area contributed by atoms with Crippen LogP contribution in [0.25, 0.3) is 0 Å². The minimum Gasteiger partial charge on any atom is -0.494 e. The van der Waals surface area contributed by atoms with E-state index in [9.17, 15) is 0 Å². The van der Waals surface area contributed by atoms with Gasteiger partial charge >= 0.3 is 0 Å². The van der Waals surface area contributed by atoms with E-state index in [4.69, 9.17) is 16.3 Å². The molecule has 0 radical (unpaired) electrons. The number of hydrogen-bond donors (Lipinski definition) is 0. The Labute approximate surface area is 90.4 Å². The van der Waals surface area contributed by atoms with E-state index in [1.54, 1.807) is 0 Å². The smallest absolute Gasteiger partial charge is 0.122 e. The SMILES string of the molecule is CCOc1ccc(N(C)CCl)cc1C. The number of hydrogen-bond acceptors (Lipinski definition) is 2. The lowest BCUT2D eigenvalue weighted by Crippen LogP contribution is -2.14. The molecule has 1 rings (SSSR count). The molecule has 3 heteroatoms. The van der Waals surface area contributed by atoms with Crippen molar-refractivity contribution in [3.8, 4) is 5.75 Å². The highest BCUT2D eigenvalue weighted by Gasteiger charge is 2.03. The van der Waals surface area contributed by atoms with E-state index in [2.05, 4.69) is 6.07 Å². The van der Waals surface area contributed by atoms with Crippen LogP contribution in [0.1, 0.15) is 12.5 Å². The molecule has 0 heterocycles. The van der Waals surface area contributed by atoms with Crippen LogP contribution >= 0.6 is 11.6 Å². The van der Waals surface area contributed by atoms with Gasteiger partial charge in [0.05, 0.1) is 12.6 Å². The zero-order valence-electron chi connectivity index (χ0n) is 8.88. The van der Waals surface area contributed by atoms with Crippen LogP contribution < -0.4 is 9.64 Å². The standard InChI is InChI=1S/C11H16ClNO/c1-4-14-11-6-5-10(7-9(11)2)13(3)8-12/h5-7H,4,8H2,1-3H3. The third-order valence-electron chi connectivity index (χ3n) is 2.08. The highest BCUT2D eigenvalue weighted by atomic mass is 35.5. The largest absolute Gasteiger partial charge is 0.494 e.